The van der Waals surface area contributed by atoms with E-state index in [0.717, 1.165) is 12.8 Å². The topological polar surface area (TPSA) is 101 Å². The van der Waals surface area contributed by atoms with Crippen LogP contribution in [-0.4, -0.2) is 26.9 Å². The molecule has 1 unspecified atom stereocenters. The Kier molecular flexibility index (Phi) is 4.97. The van der Waals surface area contributed by atoms with E-state index in [2.05, 4.69) is 10.0 Å². The van der Waals surface area contributed by atoms with Crippen LogP contribution >= 0.6 is 0 Å². The Morgan fingerprint density at radius 1 is 1.43 bits per heavy atom. The highest BCUT2D eigenvalue weighted by Gasteiger charge is 2.28. The molecule has 1 saturated carbocycles. The molecule has 0 spiro atoms. The summed E-state index contributed by atoms with van der Waals surface area (Å²) in [6.07, 6.45) is 2.40. The van der Waals surface area contributed by atoms with E-state index in [1.807, 2.05) is 6.92 Å². The number of hydrogen-bond donors (Lipinski definition) is 3. The minimum Gasteiger partial charge on any atom is -0.330 e. The van der Waals surface area contributed by atoms with Crippen molar-refractivity contribution in [3.8, 4) is 0 Å². The summed E-state index contributed by atoms with van der Waals surface area (Å²) in [5.41, 5.74) is 6.00. The third-order valence-electron chi connectivity index (χ3n) is 3.46. The van der Waals surface area contributed by atoms with Crippen LogP contribution < -0.4 is 15.8 Å². The SMILES string of the molecule is CCC(CN)C(=O)Nc1cccc(S(=O)(=O)NC2CC2)c1. The van der Waals surface area contributed by atoms with E-state index in [9.17, 15) is 13.2 Å². The number of nitrogens with two attached hydrogens (primary N) is 1. The molecule has 0 heterocycles. The van der Waals surface area contributed by atoms with Crippen LogP contribution in [0.2, 0.25) is 0 Å². The Hall–Kier alpha value is -1.44. The number of anilines is 1. The predicted octanol–water partition coefficient (Wildman–Crippen LogP) is 1.05. The molecule has 7 heteroatoms. The van der Waals surface area contributed by atoms with Crippen LogP contribution in [0.3, 0.4) is 0 Å². The second kappa shape index (κ2) is 6.55. The largest absolute Gasteiger partial charge is 0.330 e. The van der Waals surface area contributed by atoms with Gasteiger partial charge in [-0.25, -0.2) is 13.1 Å². The van der Waals surface area contributed by atoms with Crippen molar-refractivity contribution in [1.29, 1.82) is 0 Å². The standard InChI is InChI=1S/C14H21N3O3S/c1-2-10(9-15)14(18)16-12-4-3-5-13(8-12)21(19,20)17-11-6-7-11/h3-5,8,10-11,17H,2,6-7,9,15H2,1H3,(H,16,18). The molecule has 1 atom stereocenters. The van der Waals surface area contributed by atoms with Gasteiger partial charge in [0.05, 0.1) is 10.8 Å². The summed E-state index contributed by atoms with van der Waals surface area (Å²) in [6.45, 7) is 2.15. The second-order valence-electron chi connectivity index (χ2n) is 5.25. The Bertz CT molecular complexity index is 608. The van der Waals surface area contributed by atoms with Crippen molar-refractivity contribution >= 4 is 21.6 Å². The minimum absolute atomic E-state index is 0.0509. The first kappa shape index (κ1) is 15.9. The highest BCUT2D eigenvalue weighted by atomic mass is 32.2. The fraction of sp³-hybridized carbons (Fsp3) is 0.500. The summed E-state index contributed by atoms with van der Waals surface area (Å²) in [7, 11) is -3.51. The fourth-order valence-corrected chi connectivity index (χ4v) is 3.28. The maximum absolute atomic E-state index is 12.1. The third kappa shape index (κ3) is 4.26. The van der Waals surface area contributed by atoms with Gasteiger partial charge in [-0.05, 0) is 37.5 Å². The number of carbonyl (C=O) groups is 1. The monoisotopic (exact) mass is 311 g/mol. The summed E-state index contributed by atoms with van der Waals surface area (Å²) < 4.78 is 26.9. The fourth-order valence-electron chi connectivity index (χ4n) is 1.93. The molecule has 0 saturated heterocycles. The first-order valence-electron chi connectivity index (χ1n) is 7.09. The lowest BCUT2D eigenvalue weighted by Crippen LogP contribution is -2.29. The van der Waals surface area contributed by atoms with E-state index in [0.29, 0.717) is 12.1 Å². The van der Waals surface area contributed by atoms with Crippen LogP contribution in [-0.2, 0) is 14.8 Å². The molecule has 21 heavy (non-hydrogen) atoms. The molecule has 1 aromatic rings. The van der Waals surface area contributed by atoms with Crippen molar-refractivity contribution in [3.05, 3.63) is 24.3 Å². The van der Waals surface area contributed by atoms with Crippen molar-refractivity contribution in [2.45, 2.75) is 37.1 Å². The molecule has 0 bridgehead atoms. The molecular weight excluding hydrogens is 290 g/mol. The molecule has 0 aromatic heterocycles. The molecule has 1 fully saturated rings. The first-order valence-corrected chi connectivity index (χ1v) is 8.58. The third-order valence-corrected chi connectivity index (χ3v) is 4.98. The van der Waals surface area contributed by atoms with Crippen molar-refractivity contribution in [1.82, 2.24) is 4.72 Å². The molecule has 4 N–H and O–H groups in total. The van der Waals surface area contributed by atoms with Gasteiger partial charge in [0, 0.05) is 18.3 Å². The number of sulfonamides is 1. The summed E-state index contributed by atoms with van der Waals surface area (Å²) >= 11 is 0. The Morgan fingerprint density at radius 2 is 2.14 bits per heavy atom. The molecule has 6 nitrogen and oxygen atoms in total. The maximum Gasteiger partial charge on any atom is 0.240 e. The summed E-state index contributed by atoms with van der Waals surface area (Å²) in [6, 6.07) is 6.31. The molecule has 1 aliphatic rings. The summed E-state index contributed by atoms with van der Waals surface area (Å²) in [5.74, 6) is -0.459. The zero-order valence-electron chi connectivity index (χ0n) is 12.0. The van der Waals surface area contributed by atoms with Crippen LogP contribution in [0.4, 0.5) is 5.69 Å². The van der Waals surface area contributed by atoms with Gasteiger partial charge in [0.1, 0.15) is 0 Å². The lowest BCUT2D eigenvalue weighted by molar-refractivity contribution is -0.119. The van der Waals surface area contributed by atoms with Gasteiger partial charge < -0.3 is 11.1 Å². The van der Waals surface area contributed by atoms with Crippen molar-refractivity contribution < 1.29 is 13.2 Å². The maximum atomic E-state index is 12.1. The van der Waals surface area contributed by atoms with E-state index >= 15 is 0 Å². The van der Waals surface area contributed by atoms with E-state index < -0.39 is 10.0 Å². The van der Waals surface area contributed by atoms with E-state index in [1.54, 1.807) is 12.1 Å². The van der Waals surface area contributed by atoms with Crippen LogP contribution in [0.15, 0.2) is 29.2 Å². The summed E-state index contributed by atoms with van der Waals surface area (Å²) in [5, 5.41) is 2.71. The molecule has 0 radical (unpaired) electrons. The lowest BCUT2D eigenvalue weighted by atomic mass is 10.1. The Morgan fingerprint density at radius 3 is 2.71 bits per heavy atom. The highest BCUT2D eigenvalue weighted by molar-refractivity contribution is 7.89. The Balaban J connectivity index is 2.12. The van der Waals surface area contributed by atoms with Crippen LogP contribution in [0.25, 0.3) is 0 Å². The second-order valence-corrected chi connectivity index (χ2v) is 6.97. The number of amides is 1. The van der Waals surface area contributed by atoms with Crippen LogP contribution in [0.1, 0.15) is 26.2 Å². The van der Waals surface area contributed by atoms with E-state index in [4.69, 9.17) is 5.73 Å². The average Bonchev–Trinajstić information content (AvgIpc) is 3.23. The van der Waals surface area contributed by atoms with Crippen molar-refractivity contribution in [2.24, 2.45) is 11.7 Å². The molecule has 116 valence electrons. The van der Waals surface area contributed by atoms with Gasteiger partial charge in [0.15, 0.2) is 0 Å². The van der Waals surface area contributed by atoms with Gasteiger partial charge in [-0.1, -0.05) is 13.0 Å². The number of rotatable bonds is 7. The van der Waals surface area contributed by atoms with Gasteiger partial charge in [-0.2, -0.15) is 0 Å². The van der Waals surface area contributed by atoms with Crippen LogP contribution in [0, 0.1) is 5.92 Å². The quantitative estimate of drug-likeness (QED) is 0.700. The van der Waals surface area contributed by atoms with Gasteiger partial charge in [0.25, 0.3) is 0 Å². The normalized spacial score (nSPS) is 16.5. The zero-order valence-corrected chi connectivity index (χ0v) is 12.8. The average molecular weight is 311 g/mol. The Labute approximate surface area is 125 Å². The molecule has 2 rings (SSSR count). The first-order chi connectivity index (χ1) is 9.96. The lowest BCUT2D eigenvalue weighted by Gasteiger charge is -2.13. The van der Waals surface area contributed by atoms with E-state index in [1.165, 1.54) is 12.1 Å². The molecule has 0 aliphatic heterocycles. The number of nitrogens with one attached hydrogen (secondary N) is 2. The molecular formula is C14H21N3O3S. The van der Waals surface area contributed by atoms with Crippen LogP contribution in [0.5, 0.6) is 0 Å². The van der Waals surface area contributed by atoms with E-state index in [-0.39, 0.29) is 29.3 Å². The zero-order chi connectivity index (χ0) is 15.5. The van der Waals surface area contributed by atoms with Gasteiger partial charge in [-0.3, -0.25) is 4.79 Å². The minimum atomic E-state index is -3.51. The molecule has 1 amide bonds. The molecule has 1 aromatic carbocycles. The predicted molar refractivity (Wildman–Crippen MR) is 81.3 cm³/mol. The van der Waals surface area contributed by atoms with Gasteiger partial charge >= 0.3 is 0 Å². The molecule has 1 aliphatic carbocycles. The number of benzene rings is 1. The van der Waals surface area contributed by atoms with Crippen molar-refractivity contribution in [3.63, 3.8) is 0 Å². The van der Waals surface area contributed by atoms with Crippen molar-refractivity contribution in [2.75, 3.05) is 11.9 Å². The smallest absolute Gasteiger partial charge is 0.240 e. The summed E-state index contributed by atoms with van der Waals surface area (Å²) in [4.78, 5) is 12.1. The highest BCUT2D eigenvalue weighted by Crippen LogP contribution is 2.23. The van der Waals surface area contributed by atoms with Gasteiger partial charge in [-0.15, -0.1) is 0 Å². The van der Waals surface area contributed by atoms with Gasteiger partial charge in [0.2, 0.25) is 15.9 Å². The number of carbonyl (C=O) groups excluding carboxylic acids is 1. The number of hydrogen-bond acceptors (Lipinski definition) is 4.